The van der Waals surface area contributed by atoms with Crippen LogP contribution >= 0.6 is 0 Å². The Morgan fingerprint density at radius 1 is 1.19 bits per heavy atom. The van der Waals surface area contributed by atoms with E-state index in [1.807, 2.05) is 6.92 Å². The van der Waals surface area contributed by atoms with E-state index in [0.717, 1.165) is 12.0 Å². The predicted octanol–water partition coefficient (Wildman–Crippen LogP) is 4.95. The Balaban J connectivity index is 1.65. The normalized spacial score (nSPS) is 27.3. The van der Waals surface area contributed by atoms with Crippen molar-refractivity contribution in [3.8, 4) is 0 Å². The van der Waals surface area contributed by atoms with E-state index in [9.17, 15) is 5.11 Å². The van der Waals surface area contributed by atoms with Crippen LogP contribution in [0.2, 0.25) is 0 Å². The Morgan fingerprint density at radius 3 is 2.59 bits per heavy atom. The first-order valence-electron chi connectivity index (χ1n) is 10.1. The standard InChI is InChI=1S/C24H30O3/c1-15(2)19-7-5-18(6-8-19)11-20-12-23-21(9-16(20)3)14-26-24(23)13-22(25)10-17(4)27-24/h5-9,12,15,17,22,25H,10-11,13-14H2,1-4H3/t17-,22+,24-/m1/s1. The Morgan fingerprint density at radius 2 is 1.93 bits per heavy atom. The van der Waals surface area contributed by atoms with Crippen LogP contribution in [0, 0.1) is 6.92 Å². The van der Waals surface area contributed by atoms with Gasteiger partial charge in [0.25, 0.3) is 0 Å². The number of aliphatic hydroxyl groups is 1. The molecular formula is C24H30O3. The van der Waals surface area contributed by atoms with E-state index in [1.54, 1.807) is 0 Å². The third-order valence-electron chi connectivity index (χ3n) is 5.97. The Hall–Kier alpha value is -1.68. The van der Waals surface area contributed by atoms with Crippen LogP contribution in [-0.2, 0) is 28.3 Å². The molecule has 2 aliphatic rings. The molecule has 0 saturated carbocycles. The topological polar surface area (TPSA) is 38.7 Å². The molecule has 1 fully saturated rings. The average molecular weight is 367 g/mol. The van der Waals surface area contributed by atoms with Crippen molar-refractivity contribution in [1.29, 1.82) is 0 Å². The van der Waals surface area contributed by atoms with Crippen molar-refractivity contribution in [1.82, 2.24) is 0 Å². The molecule has 3 heteroatoms. The largest absolute Gasteiger partial charge is 0.393 e. The molecule has 27 heavy (non-hydrogen) atoms. The van der Waals surface area contributed by atoms with Crippen molar-refractivity contribution in [3.05, 3.63) is 69.8 Å². The van der Waals surface area contributed by atoms with Crippen LogP contribution < -0.4 is 0 Å². The average Bonchev–Trinajstić information content (AvgIpc) is 2.91. The van der Waals surface area contributed by atoms with Crippen molar-refractivity contribution in [3.63, 3.8) is 0 Å². The van der Waals surface area contributed by atoms with E-state index < -0.39 is 5.79 Å². The molecule has 1 N–H and O–H groups in total. The number of rotatable bonds is 3. The quantitative estimate of drug-likeness (QED) is 0.835. The smallest absolute Gasteiger partial charge is 0.198 e. The molecule has 2 aromatic carbocycles. The summed E-state index contributed by atoms with van der Waals surface area (Å²) in [7, 11) is 0. The van der Waals surface area contributed by atoms with Crippen molar-refractivity contribution in [2.45, 2.75) is 77.5 Å². The summed E-state index contributed by atoms with van der Waals surface area (Å²) in [5.41, 5.74) is 7.56. The van der Waals surface area contributed by atoms with Crippen LogP contribution in [0.5, 0.6) is 0 Å². The van der Waals surface area contributed by atoms with Gasteiger partial charge in [0, 0.05) is 12.0 Å². The Labute approximate surface area is 162 Å². The van der Waals surface area contributed by atoms with Gasteiger partial charge in [0.05, 0.1) is 18.8 Å². The maximum atomic E-state index is 10.3. The molecule has 4 rings (SSSR count). The minimum atomic E-state index is -0.781. The summed E-state index contributed by atoms with van der Waals surface area (Å²) in [6.07, 6.45) is 1.68. The first-order valence-corrected chi connectivity index (χ1v) is 10.1. The van der Waals surface area contributed by atoms with Gasteiger partial charge in [-0.1, -0.05) is 44.2 Å². The summed E-state index contributed by atoms with van der Waals surface area (Å²) in [6, 6.07) is 13.4. The zero-order valence-electron chi connectivity index (χ0n) is 16.8. The molecule has 2 heterocycles. The molecular weight excluding hydrogens is 336 g/mol. The van der Waals surface area contributed by atoms with Gasteiger partial charge in [0.15, 0.2) is 5.79 Å². The van der Waals surface area contributed by atoms with E-state index in [1.165, 1.54) is 27.8 Å². The highest BCUT2D eigenvalue weighted by Crippen LogP contribution is 2.46. The fourth-order valence-corrected chi connectivity index (χ4v) is 4.45. The minimum Gasteiger partial charge on any atom is -0.393 e. The lowest BCUT2D eigenvalue weighted by atomic mass is 9.88. The van der Waals surface area contributed by atoms with Gasteiger partial charge in [-0.15, -0.1) is 0 Å². The lowest BCUT2D eigenvalue weighted by Gasteiger charge is -2.39. The molecule has 0 aromatic heterocycles. The van der Waals surface area contributed by atoms with Crippen molar-refractivity contribution >= 4 is 0 Å². The van der Waals surface area contributed by atoms with Crippen LogP contribution in [0.25, 0.3) is 0 Å². The van der Waals surface area contributed by atoms with E-state index in [-0.39, 0.29) is 12.2 Å². The molecule has 144 valence electrons. The molecule has 0 aliphatic carbocycles. The van der Waals surface area contributed by atoms with E-state index >= 15 is 0 Å². The molecule has 3 nitrogen and oxygen atoms in total. The molecule has 3 atom stereocenters. The molecule has 0 amide bonds. The summed E-state index contributed by atoms with van der Waals surface area (Å²) in [5, 5.41) is 10.3. The SMILES string of the molecule is Cc1cc2c(cc1Cc1ccc(C(C)C)cc1)[C@]1(C[C@@H](O)C[C@@H](C)O1)OC2. The number of benzene rings is 2. The van der Waals surface area contributed by atoms with Crippen molar-refractivity contribution in [2.24, 2.45) is 0 Å². The third-order valence-corrected chi connectivity index (χ3v) is 5.97. The van der Waals surface area contributed by atoms with Gasteiger partial charge in [0.1, 0.15) is 0 Å². The van der Waals surface area contributed by atoms with Gasteiger partial charge < -0.3 is 14.6 Å². The lowest BCUT2D eigenvalue weighted by molar-refractivity contribution is -0.295. The van der Waals surface area contributed by atoms with E-state index in [0.29, 0.717) is 25.4 Å². The number of hydrogen-bond acceptors (Lipinski definition) is 3. The Bertz CT molecular complexity index is 812. The zero-order valence-corrected chi connectivity index (χ0v) is 16.8. The maximum Gasteiger partial charge on any atom is 0.198 e. The van der Waals surface area contributed by atoms with Crippen LogP contribution in [0.1, 0.15) is 72.9 Å². The first-order chi connectivity index (χ1) is 12.9. The van der Waals surface area contributed by atoms with Gasteiger partial charge in [0.2, 0.25) is 0 Å². The summed E-state index contributed by atoms with van der Waals surface area (Å²) in [6.45, 7) is 9.18. The fourth-order valence-electron chi connectivity index (χ4n) is 4.45. The maximum absolute atomic E-state index is 10.3. The number of fused-ring (bicyclic) bond motifs is 2. The summed E-state index contributed by atoms with van der Waals surface area (Å²) in [5.74, 6) is -0.231. The summed E-state index contributed by atoms with van der Waals surface area (Å²) >= 11 is 0. The minimum absolute atomic E-state index is 0.00645. The second-order valence-corrected chi connectivity index (χ2v) is 8.57. The summed E-state index contributed by atoms with van der Waals surface area (Å²) in [4.78, 5) is 0. The van der Waals surface area contributed by atoms with Gasteiger partial charge in [-0.25, -0.2) is 0 Å². The highest BCUT2D eigenvalue weighted by molar-refractivity contribution is 5.44. The molecule has 0 radical (unpaired) electrons. The fraction of sp³-hybridized carbons (Fsp3) is 0.500. The molecule has 1 spiro atoms. The first kappa shape index (κ1) is 18.7. The van der Waals surface area contributed by atoms with Crippen LogP contribution in [0.3, 0.4) is 0 Å². The molecule has 2 aromatic rings. The second kappa shape index (κ2) is 7.05. The third kappa shape index (κ3) is 3.56. The number of hydrogen-bond donors (Lipinski definition) is 1. The zero-order chi connectivity index (χ0) is 19.2. The van der Waals surface area contributed by atoms with Crippen LogP contribution in [0.4, 0.5) is 0 Å². The number of aryl methyl sites for hydroxylation is 1. The van der Waals surface area contributed by atoms with Gasteiger partial charge >= 0.3 is 0 Å². The van der Waals surface area contributed by atoms with Crippen molar-refractivity contribution in [2.75, 3.05) is 0 Å². The van der Waals surface area contributed by atoms with E-state index in [4.69, 9.17) is 9.47 Å². The predicted molar refractivity (Wildman–Crippen MR) is 107 cm³/mol. The second-order valence-electron chi connectivity index (χ2n) is 8.57. The monoisotopic (exact) mass is 366 g/mol. The molecule has 1 saturated heterocycles. The molecule has 0 unspecified atom stereocenters. The highest BCUT2D eigenvalue weighted by atomic mass is 16.7. The van der Waals surface area contributed by atoms with Crippen LogP contribution in [0.15, 0.2) is 36.4 Å². The highest BCUT2D eigenvalue weighted by Gasteiger charge is 2.47. The molecule has 0 bridgehead atoms. The van der Waals surface area contributed by atoms with E-state index in [2.05, 4.69) is 57.2 Å². The van der Waals surface area contributed by atoms with Gasteiger partial charge in [-0.05, 0) is 66.5 Å². The van der Waals surface area contributed by atoms with Gasteiger partial charge in [-0.2, -0.15) is 0 Å². The van der Waals surface area contributed by atoms with Crippen LogP contribution in [-0.4, -0.2) is 17.3 Å². The Kier molecular flexibility index (Phi) is 4.87. The lowest BCUT2D eigenvalue weighted by Crippen LogP contribution is -2.43. The van der Waals surface area contributed by atoms with Crippen molar-refractivity contribution < 1.29 is 14.6 Å². The van der Waals surface area contributed by atoms with Gasteiger partial charge in [-0.3, -0.25) is 0 Å². The summed E-state index contributed by atoms with van der Waals surface area (Å²) < 4.78 is 12.3. The molecule has 2 aliphatic heterocycles. The number of ether oxygens (including phenoxy) is 2. The number of aliphatic hydroxyl groups excluding tert-OH is 1.